The molecule has 0 spiro atoms. The molecule has 0 aliphatic carbocycles. The summed E-state index contributed by atoms with van der Waals surface area (Å²) in [7, 11) is 0. The van der Waals surface area contributed by atoms with Gasteiger partial charge in [0.2, 0.25) is 0 Å². The molecule has 0 saturated carbocycles. The lowest BCUT2D eigenvalue weighted by molar-refractivity contribution is 0.147. The normalized spacial score (nSPS) is 14.1. The van der Waals surface area contributed by atoms with E-state index < -0.39 is 23.7 Å². The molecule has 1 aromatic carbocycles. The van der Waals surface area contributed by atoms with Crippen molar-refractivity contribution >= 4 is 0 Å². The van der Waals surface area contributed by atoms with Crippen LogP contribution < -0.4 is 5.73 Å². The molecule has 3 nitrogen and oxygen atoms in total. The number of hydrogen-bond acceptors (Lipinski definition) is 3. The Balaban J connectivity index is 2.30. The predicted octanol–water partition coefficient (Wildman–Crippen LogP) is 2.14. The summed E-state index contributed by atoms with van der Waals surface area (Å²) in [5.41, 5.74) is 6.76. The van der Waals surface area contributed by atoms with Crippen LogP contribution in [0.15, 0.2) is 42.7 Å². The molecule has 2 atom stereocenters. The highest BCUT2D eigenvalue weighted by atomic mass is 19.2. The van der Waals surface area contributed by atoms with Crippen LogP contribution in [0.2, 0.25) is 0 Å². The Morgan fingerprint density at radius 3 is 2.32 bits per heavy atom. The van der Waals surface area contributed by atoms with E-state index in [-0.39, 0.29) is 6.54 Å². The van der Waals surface area contributed by atoms with Crippen LogP contribution in [0.1, 0.15) is 23.1 Å². The number of aliphatic hydroxyl groups excluding tert-OH is 1. The fourth-order valence-corrected chi connectivity index (χ4v) is 1.99. The zero-order valence-corrected chi connectivity index (χ0v) is 10.1. The molecule has 0 saturated heterocycles. The zero-order chi connectivity index (χ0) is 13.8. The smallest absolute Gasteiger partial charge is 0.159 e. The molecule has 0 fully saturated rings. The lowest BCUT2D eigenvalue weighted by Gasteiger charge is -2.22. The summed E-state index contributed by atoms with van der Waals surface area (Å²) in [6.07, 6.45) is 2.19. The molecule has 3 N–H and O–H groups in total. The van der Waals surface area contributed by atoms with E-state index in [1.54, 1.807) is 24.5 Å². The molecule has 0 bridgehead atoms. The van der Waals surface area contributed by atoms with E-state index in [9.17, 15) is 13.9 Å². The quantitative estimate of drug-likeness (QED) is 0.889. The third-order valence-electron chi connectivity index (χ3n) is 3.05. The number of halogens is 2. The Bertz CT molecular complexity index is 548. The van der Waals surface area contributed by atoms with Crippen molar-refractivity contribution in [3.05, 3.63) is 65.5 Å². The summed E-state index contributed by atoms with van der Waals surface area (Å²) < 4.78 is 26.1. The van der Waals surface area contributed by atoms with Gasteiger partial charge >= 0.3 is 0 Å². The number of benzene rings is 1. The van der Waals surface area contributed by atoms with E-state index in [1.165, 1.54) is 6.07 Å². The maximum Gasteiger partial charge on any atom is 0.159 e. The first-order chi connectivity index (χ1) is 9.13. The van der Waals surface area contributed by atoms with Gasteiger partial charge < -0.3 is 10.8 Å². The predicted molar refractivity (Wildman–Crippen MR) is 67.4 cm³/mol. The van der Waals surface area contributed by atoms with Gasteiger partial charge in [-0.15, -0.1) is 0 Å². The second-order valence-electron chi connectivity index (χ2n) is 4.24. The number of nitrogens with two attached hydrogens (primary N) is 1. The molecule has 19 heavy (non-hydrogen) atoms. The van der Waals surface area contributed by atoms with Gasteiger partial charge in [0.05, 0.1) is 6.10 Å². The van der Waals surface area contributed by atoms with E-state index in [2.05, 4.69) is 4.98 Å². The average Bonchev–Trinajstić information content (AvgIpc) is 2.44. The molecular weight excluding hydrogens is 250 g/mol. The lowest BCUT2D eigenvalue weighted by atomic mass is 9.90. The minimum absolute atomic E-state index is 0.185. The molecule has 1 aromatic heterocycles. The Hall–Kier alpha value is -1.85. The molecule has 0 aliphatic rings. The maximum absolute atomic E-state index is 13.2. The Morgan fingerprint density at radius 1 is 1.05 bits per heavy atom. The molecule has 2 rings (SSSR count). The minimum Gasteiger partial charge on any atom is -0.388 e. The Morgan fingerprint density at radius 2 is 1.74 bits per heavy atom. The van der Waals surface area contributed by atoms with Gasteiger partial charge in [0.25, 0.3) is 0 Å². The van der Waals surface area contributed by atoms with Crippen molar-refractivity contribution in [3.8, 4) is 0 Å². The van der Waals surface area contributed by atoms with Crippen LogP contribution in [0.25, 0.3) is 0 Å². The zero-order valence-electron chi connectivity index (χ0n) is 10.1. The van der Waals surface area contributed by atoms with Crippen LogP contribution in [-0.4, -0.2) is 16.6 Å². The average molecular weight is 264 g/mol. The van der Waals surface area contributed by atoms with Crippen molar-refractivity contribution in [2.45, 2.75) is 12.0 Å². The molecule has 0 amide bonds. The summed E-state index contributed by atoms with van der Waals surface area (Å²) in [4.78, 5) is 3.89. The first kappa shape index (κ1) is 13.6. The summed E-state index contributed by atoms with van der Waals surface area (Å²) in [5.74, 6) is -2.32. The SMILES string of the molecule is NCC(c1ccncc1)C(O)c1ccc(F)c(F)c1. The number of aliphatic hydroxyl groups is 1. The van der Waals surface area contributed by atoms with Crippen molar-refractivity contribution in [1.82, 2.24) is 4.98 Å². The molecule has 2 unspecified atom stereocenters. The van der Waals surface area contributed by atoms with Crippen molar-refractivity contribution in [2.24, 2.45) is 5.73 Å². The molecule has 2 aromatic rings. The van der Waals surface area contributed by atoms with Gasteiger partial charge in [0.1, 0.15) is 0 Å². The van der Waals surface area contributed by atoms with Gasteiger partial charge in [-0.25, -0.2) is 8.78 Å². The van der Waals surface area contributed by atoms with E-state index in [0.717, 1.165) is 17.7 Å². The maximum atomic E-state index is 13.2. The highest BCUT2D eigenvalue weighted by Crippen LogP contribution is 2.30. The van der Waals surface area contributed by atoms with E-state index in [0.29, 0.717) is 5.56 Å². The van der Waals surface area contributed by atoms with Crippen LogP contribution in [0, 0.1) is 11.6 Å². The number of rotatable bonds is 4. The number of pyridine rings is 1. The molecule has 0 aliphatic heterocycles. The summed E-state index contributed by atoms with van der Waals surface area (Å²) >= 11 is 0. The second-order valence-corrected chi connectivity index (χ2v) is 4.24. The highest BCUT2D eigenvalue weighted by molar-refractivity contribution is 5.26. The molecule has 5 heteroatoms. The fourth-order valence-electron chi connectivity index (χ4n) is 1.99. The van der Waals surface area contributed by atoms with Crippen LogP contribution in [0.5, 0.6) is 0 Å². The summed E-state index contributed by atoms with van der Waals surface area (Å²) in [6.45, 7) is 0.185. The molecular formula is C14H14F2N2O. The number of nitrogens with zero attached hydrogens (tertiary/aromatic N) is 1. The standard InChI is InChI=1S/C14H14F2N2O/c15-12-2-1-10(7-13(12)16)14(19)11(8-17)9-3-5-18-6-4-9/h1-7,11,14,19H,8,17H2. The van der Waals surface area contributed by atoms with Gasteiger partial charge in [-0.2, -0.15) is 0 Å². The van der Waals surface area contributed by atoms with E-state index in [1.807, 2.05) is 0 Å². The Kier molecular flexibility index (Phi) is 4.19. The van der Waals surface area contributed by atoms with Gasteiger partial charge in [-0.3, -0.25) is 4.98 Å². The van der Waals surface area contributed by atoms with Crippen molar-refractivity contribution in [1.29, 1.82) is 0 Å². The van der Waals surface area contributed by atoms with Crippen LogP contribution >= 0.6 is 0 Å². The topological polar surface area (TPSA) is 59.1 Å². The van der Waals surface area contributed by atoms with Crippen LogP contribution in [-0.2, 0) is 0 Å². The largest absolute Gasteiger partial charge is 0.388 e. The molecule has 0 radical (unpaired) electrons. The van der Waals surface area contributed by atoms with Gasteiger partial charge in [-0.1, -0.05) is 6.07 Å². The summed E-state index contributed by atoms with van der Waals surface area (Å²) in [5, 5.41) is 10.3. The first-order valence-electron chi connectivity index (χ1n) is 5.86. The first-order valence-corrected chi connectivity index (χ1v) is 5.86. The van der Waals surface area contributed by atoms with Gasteiger partial charge in [0, 0.05) is 24.9 Å². The van der Waals surface area contributed by atoms with E-state index >= 15 is 0 Å². The number of aromatic nitrogens is 1. The molecule has 1 heterocycles. The lowest BCUT2D eigenvalue weighted by Crippen LogP contribution is -2.20. The fraction of sp³-hybridized carbons (Fsp3) is 0.214. The summed E-state index contributed by atoms with van der Waals surface area (Å²) in [6, 6.07) is 6.81. The minimum atomic E-state index is -0.998. The van der Waals surface area contributed by atoms with Crippen molar-refractivity contribution in [3.63, 3.8) is 0 Å². The second kappa shape index (κ2) is 5.86. The van der Waals surface area contributed by atoms with Gasteiger partial charge in [0.15, 0.2) is 11.6 Å². The van der Waals surface area contributed by atoms with Crippen LogP contribution in [0.4, 0.5) is 8.78 Å². The van der Waals surface area contributed by atoms with Crippen molar-refractivity contribution < 1.29 is 13.9 Å². The number of hydrogen-bond donors (Lipinski definition) is 2. The molecule has 100 valence electrons. The highest BCUT2D eigenvalue weighted by Gasteiger charge is 2.22. The van der Waals surface area contributed by atoms with Gasteiger partial charge in [-0.05, 0) is 35.4 Å². The van der Waals surface area contributed by atoms with Crippen LogP contribution in [0.3, 0.4) is 0 Å². The monoisotopic (exact) mass is 264 g/mol. The van der Waals surface area contributed by atoms with Crippen molar-refractivity contribution in [2.75, 3.05) is 6.54 Å². The Labute approximate surface area is 109 Å². The third-order valence-corrected chi connectivity index (χ3v) is 3.05. The third kappa shape index (κ3) is 2.94. The van der Waals surface area contributed by atoms with E-state index in [4.69, 9.17) is 5.73 Å².